The van der Waals surface area contributed by atoms with Crippen LogP contribution in [-0.4, -0.2) is 41.6 Å². The molecule has 0 aromatic heterocycles. The lowest BCUT2D eigenvalue weighted by molar-refractivity contribution is -0.147. The number of hydrogen-bond donors (Lipinski definition) is 2. The Morgan fingerprint density at radius 2 is 1.96 bits per heavy atom. The number of carbonyl (C=O) groups excluding carboxylic acids is 1. The number of nitrogens with zero attached hydrogens (tertiary/aromatic N) is 1. The van der Waals surface area contributed by atoms with Gasteiger partial charge in [0.2, 0.25) is 0 Å². The number of carbonyl (C=O) groups is 2. The van der Waals surface area contributed by atoms with Crippen LogP contribution in [0.15, 0.2) is 24.3 Å². The van der Waals surface area contributed by atoms with Crippen LogP contribution in [0.1, 0.15) is 32.8 Å². The van der Waals surface area contributed by atoms with Crippen molar-refractivity contribution in [1.82, 2.24) is 10.2 Å². The Kier molecular flexibility index (Phi) is 4.90. The Bertz CT molecular complexity index is 600. The maximum Gasteiger partial charge on any atom is 0.317 e. The first-order valence-electron chi connectivity index (χ1n) is 7.66. The normalized spacial score (nSPS) is 21.3. The lowest BCUT2D eigenvalue weighted by Gasteiger charge is -2.27. The average Bonchev–Trinajstić information content (AvgIpc) is 2.89. The van der Waals surface area contributed by atoms with Crippen LogP contribution in [0.25, 0.3) is 0 Å². The summed E-state index contributed by atoms with van der Waals surface area (Å²) < 4.78 is 0. The molecule has 2 amide bonds. The minimum absolute atomic E-state index is 0.211. The topological polar surface area (TPSA) is 69.6 Å². The summed E-state index contributed by atoms with van der Waals surface area (Å²) in [5, 5.41) is 12.8. The molecule has 2 rings (SSSR count). The number of halogens is 1. The molecule has 6 heteroatoms. The summed E-state index contributed by atoms with van der Waals surface area (Å²) in [6.07, 6.45) is 0.482. The summed E-state index contributed by atoms with van der Waals surface area (Å²) in [6, 6.07) is 7.35. The van der Waals surface area contributed by atoms with E-state index in [4.69, 9.17) is 11.6 Å². The Hall–Kier alpha value is -1.75. The zero-order valence-electron chi connectivity index (χ0n) is 13.7. The fourth-order valence-electron chi connectivity index (χ4n) is 2.72. The standard InChI is InChI=1S/C17H23ClN2O3/c1-16(2,12-4-6-13(18)7-5-12)10-19-15(23)20-9-8-17(3,11-20)14(21)22/h4-7H,8-11H2,1-3H3,(H,19,23)(H,21,22). The molecule has 1 aromatic carbocycles. The van der Waals surface area contributed by atoms with E-state index in [-0.39, 0.29) is 18.0 Å². The molecule has 1 aliphatic rings. The Balaban J connectivity index is 1.94. The van der Waals surface area contributed by atoms with Crippen molar-refractivity contribution < 1.29 is 14.7 Å². The first-order valence-corrected chi connectivity index (χ1v) is 8.04. The van der Waals surface area contributed by atoms with Gasteiger partial charge in [0, 0.05) is 30.1 Å². The van der Waals surface area contributed by atoms with Crippen LogP contribution < -0.4 is 5.32 Å². The Morgan fingerprint density at radius 3 is 2.48 bits per heavy atom. The number of amides is 2. The van der Waals surface area contributed by atoms with Crippen LogP contribution in [0.2, 0.25) is 5.02 Å². The van der Waals surface area contributed by atoms with Crippen molar-refractivity contribution in [3.05, 3.63) is 34.9 Å². The minimum atomic E-state index is -0.853. The quantitative estimate of drug-likeness (QED) is 0.886. The summed E-state index contributed by atoms with van der Waals surface area (Å²) in [5.74, 6) is -0.853. The first-order chi connectivity index (χ1) is 10.6. The van der Waals surface area contributed by atoms with Crippen molar-refractivity contribution in [2.45, 2.75) is 32.6 Å². The van der Waals surface area contributed by atoms with E-state index >= 15 is 0 Å². The van der Waals surface area contributed by atoms with Gasteiger partial charge in [-0.3, -0.25) is 4.79 Å². The molecule has 1 fully saturated rings. The molecule has 1 unspecified atom stereocenters. The number of benzene rings is 1. The lowest BCUT2D eigenvalue weighted by atomic mass is 9.85. The van der Waals surface area contributed by atoms with Gasteiger partial charge < -0.3 is 15.3 Å². The molecule has 1 aliphatic heterocycles. The highest BCUT2D eigenvalue weighted by Crippen LogP contribution is 2.30. The predicted octanol–water partition coefficient (Wildman–Crippen LogP) is 3.12. The number of hydrogen-bond acceptors (Lipinski definition) is 2. The average molecular weight is 339 g/mol. The summed E-state index contributed by atoms with van der Waals surface area (Å²) in [4.78, 5) is 25.1. The number of nitrogens with one attached hydrogen (secondary N) is 1. The first kappa shape index (κ1) is 17.6. The fraction of sp³-hybridized carbons (Fsp3) is 0.529. The molecule has 0 bridgehead atoms. The number of urea groups is 1. The second-order valence-electron chi connectivity index (χ2n) is 7.09. The third-order valence-corrected chi connectivity index (χ3v) is 4.84. The molecular formula is C17H23ClN2O3. The van der Waals surface area contributed by atoms with Crippen LogP contribution in [0, 0.1) is 5.41 Å². The van der Waals surface area contributed by atoms with Gasteiger partial charge >= 0.3 is 12.0 Å². The SMILES string of the molecule is CC1(C(=O)O)CCN(C(=O)NCC(C)(C)c2ccc(Cl)cc2)C1. The molecule has 0 radical (unpaired) electrons. The van der Waals surface area contributed by atoms with Crippen molar-refractivity contribution in [2.75, 3.05) is 19.6 Å². The van der Waals surface area contributed by atoms with Gasteiger partial charge in [0.1, 0.15) is 0 Å². The summed E-state index contributed by atoms with van der Waals surface area (Å²) in [6.45, 7) is 6.95. The second-order valence-corrected chi connectivity index (χ2v) is 7.52. The van der Waals surface area contributed by atoms with Gasteiger partial charge in [-0.05, 0) is 31.0 Å². The van der Waals surface area contributed by atoms with Crippen molar-refractivity contribution in [3.8, 4) is 0 Å². The second kappa shape index (κ2) is 6.40. The van der Waals surface area contributed by atoms with Crippen molar-refractivity contribution in [1.29, 1.82) is 0 Å². The zero-order valence-corrected chi connectivity index (χ0v) is 14.5. The smallest absolute Gasteiger partial charge is 0.317 e. The van der Waals surface area contributed by atoms with Crippen molar-refractivity contribution in [3.63, 3.8) is 0 Å². The minimum Gasteiger partial charge on any atom is -0.481 e. The zero-order chi connectivity index (χ0) is 17.3. The molecule has 23 heavy (non-hydrogen) atoms. The van der Waals surface area contributed by atoms with E-state index < -0.39 is 11.4 Å². The maximum absolute atomic E-state index is 12.3. The molecular weight excluding hydrogens is 316 g/mol. The number of likely N-dealkylation sites (tertiary alicyclic amines) is 1. The van der Waals surface area contributed by atoms with E-state index in [1.807, 2.05) is 38.1 Å². The van der Waals surface area contributed by atoms with E-state index in [9.17, 15) is 14.7 Å². The predicted molar refractivity (Wildman–Crippen MR) is 89.8 cm³/mol. The number of rotatable bonds is 4. The van der Waals surface area contributed by atoms with Crippen molar-refractivity contribution >= 4 is 23.6 Å². The van der Waals surface area contributed by atoms with Crippen LogP contribution >= 0.6 is 11.6 Å². The monoisotopic (exact) mass is 338 g/mol. The van der Waals surface area contributed by atoms with Gasteiger partial charge in [-0.15, -0.1) is 0 Å². The van der Waals surface area contributed by atoms with Gasteiger partial charge in [0.05, 0.1) is 5.41 Å². The molecule has 126 valence electrons. The van der Waals surface area contributed by atoms with Gasteiger partial charge in [-0.1, -0.05) is 37.6 Å². The van der Waals surface area contributed by atoms with Gasteiger partial charge in [-0.2, -0.15) is 0 Å². The third-order valence-electron chi connectivity index (χ3n) is 4.58. The maximum atomic E-state index is 12.3. The summed E-state index contributed by atoms with van der Waals surface area (Å²) >= 11 is 5.90. The fourth-order valence-corrected chi connectivity index (χ4v) is 2.85. The molecule has 0 saturated carbocycles. The molecule has 0 spiro atoms. The van der Waals surface area contributed by atoms with Crippen molar-refractivity contribution in [2.24, 2.45) is 5.41 Å². The number of carboxylic acids is 1. The van der Waals surface area contributed by atoms with Crippen LogP contribution in [0.3, 0.4) is 0 Å². The molecule has 1 aromatic rings. The molecule has 1 atom stereocenters. The highest BCUT2D eigenvalue weighted by molar-refractivity contribution is 6.30. The van der Waals surface area contributed by atoms with E-state index in [2.05, 4.69) is 5.32 Å². The molecule has 1 saturated heterocycles. The van der Waals surface area contributed by atoms with Gasteiger partial charge in [0.15, 0.2) is 0 Å². The van der Waals surface area contributed by atoms with Gasteiger partial charge in [0.25, 0.3) is 0 Å². The molecule has 5 nitrogen and oxygen atoms in total. The molecule has 2 N–H and O–H groups in total. The third kappa shape index (κ3) is 3.96. The van der Waals surface area contributed by atoms with Crippen LogP contribution in [0.5, 0.6) is 0 Å². The highest BCUT2D eigenvalue weighted by atomic mass is 35.5. The lowest BCUT2D eigenvalue weighted by Crippen LogP contribution is -2.45. The Morgan fingerprint density at radius 1 is 1.35 bits per heavy atom. The number of aliphatic carboxylic acids is 1. The Labute approximate surface area is 141 Å². The van der Waals surface area contributed by atoms with E-state index in [0.717, 1.165) is 5.56 Å². The summed E-state index contributed by atoms with van der Waals surface area (Å²) in [7, 11) is 0. The molecule has 1 heterocycles. The molecule has 0 aliphatic carbocycles. The van der Waals surface area contributed by atoms with Crippen LogP contribution in [0.4, 0.5) is 4.79 Å². The van der Waals surface area contributed by atoms with E-state index in [0.29, 0.717) is 24.5 Å². The van der Waals surface area contributed by atoms with E-state index in [1.54, 1.807) is 11.8 Å². The van der Waals surface area contributed by atoms with Crippen LogP contribution in [-0.2, 0) is 10.2 Å². The largest absolute Gasteiger partial charge is 0.481 e. The highest BCUT2D eigenvalue weighted by Gasteiger charge is 2.42. The van der Waals surface area contributed by atoms with Gasteiger partial charge in [-0.25, -0.2) is 4.79 Å². The van der Waals surface area contributed by atoms with E-state index in [1.165, 1.54) is 0 Å². The number of carboxylic acid groups (broad SMARTS) is 1. The summed E-state index contributed by atoms with van der Waals surface area (Å²) in [5.41, 5.74) is -0.00181.